The summed E-state index contributed by atoms with van der Waals surface area (Å²) in [7, 11) is 0. The van der Waals surface area contributed by atoms with Crippen LogP contribution in [0.4, 0.5) is 15.8 Å². The monoisotopic (exact) mass is 270 g/mol. The zero-order chi connectivity index (χ0) is 14.9. The average Bonchev–Trinajstić information content (AvgIpc) is 2.26. The molecule has 7 heteroatoms. The highest BCUT2D eigenvalue weighted by Gasteiger charge is 2.32. The van der Waals surface area contributed by atoms with Crippen LogP contribution >= 0.6 is 0 Å². The number of hydrogen-bond donors (Lipinski definition) is 0. The van der Waals surface area contributed by atoms with Gasteiger partial charge in [-0.2, -0.15) is 4.39 Å². The second-order valence-electron chi connectivity index (χ2n) is 4.88. The number of nitrogens with zero attached hydrogens (tertiary/aromatic N) is 2. The van der Waals surface area contributed by atoms with Gasteiger partial charge < -0.3 is 0 Å². The Morgan fingerprint density at radius 1 is 0.947 bits per heavy atom. The maximum absolute atomic E-state index is 14.2. The van der Waals surface area contributed by atoms with Crippen LogP contribution in [0.3, 0.4) is 0 Å². The number of nitro groups is 2. The molecule has 0 aliphatic heterocycles. The van der Waals surface area contributed by atoms with Crippen molar-refractivity contribution in [3.63, 3.8) is 0 Å². The van der Waals surface area contributed by atoms with Crippen LogP contribution < -0.4 is 0 Å². The van der Waals surface area contributed by atoms with Crippen LogP contribution in [0.25, 0.3) is 0 Å². The van der Waals surface area contributed by atoms with Gasteiger partial charge in [0.1, 0.15) is 0 Å². The van der Waals surface area contributed by atoms with Gasteiger partial charge in [-0.05, 0) is 11.8 Å². The largest absolute Gasteiger partial charge is 0.311 e. The summed E-state index contributed by atoms with van der Waals surface area (Å²) in [5.74, 6) is -1.65. The van der Waals surface area contributed by atoms with Gasteiger partial charge in [0.05, 0.1) is 15.9 Å². The maximum atomic E-state index is 14.2. The minimum atomic E-state index is -0.977. The minimum Gasteiger partial charge on any atom is -0.258 e. The molecule has 1 rings (SSSR count). The molecule has 1 aromatic rings. The Kier molecular flexibility index (Phi) is 4.18. The van der Waals surface area contributed by atoms with Crippen molar-refractivity contribution >= 4 is 11.4 Å². The number of hydrogen-bond acceptors (Lipinski definition) is 4. The Hall–Kier alpha value is -2.05. The van der Waals surface area contributed by atoms with Crippen molar-refractivity contribution in [2.75, 3.05) is 0 Å². The molecule has 0 aliphatic rings. The lowest BCUT2D eigenvalue weighted by atomic mass is 9.88. The molecule has 0 amide bonds. The average molecular weight is 270 g/mol. The molecule has 0 bridgehead atoms. The van der Waals surface area contributed by atoms with Crippen molar-refractivity contribution in [3.8, 4) is 0 Å². The Morgan fingerprint density at radius 2 is 1.37 bits per heavy atom. The van der Waals surface area contributed by atoms with Crippen LogP contribution in [0, 0.1) is 26.0 Å². The van der Waals surface area contributed by atoms with Crippen LogP contribution in [0.1, 0.15) is 50.7 Å². The van der Waals surface area contributed by atoms with Crippen molar-refractivity contribution in [3.05, 3.63) is 43.2 Å². The molecule has 6 nitrogen and oxygen atoms in total. The highest BCUT2D eigenvalue weighted by molar-refractivity contribution is 5.57. The van der Waals surface area contributed by atoms with Gasteiger partial charge in [-0.1, -0.05) is 27.7 Å². The molecule has 0 saturated carbocycles. The fourth-order valence-corrected chi connectivity index (χ4v) is 2.12. The maximum Gasteiger partial charge on any atom is 0.311 e. The Balaban J connectivity index is 3.83. The molecule has 0 fully saturated rings. The summed E-state index contributed by atoms with van der Waals surface area (Å²) < 4.78 is 14.2. The van der Waals surface area contributed by atoms with E-state index < -0.39 is 27.0 Å². The lowest BCUT2D eigenvalue weighted by Gasteiger charge is -2.16. The first-order valence-electron chi connectivity index (χ1n) is 5.83. The summed E-state index contributed by atoms with van der Waals surface area (Å²) >= 11 is 0. The van der Waals surface area contributed by atoms with Gasteiger partial charge in [0.15, 0.2) is 0 Å². The lowest BCUT2D eigenvalue weighted by Crippen LogP contribution is -2.09. The first kappa shape index (κ1) is 15.0. The van der Waals surface area contributed by atoms with E-state index in [9.17, 15) is 24.6 Å². The zero-order valence-corrected chi connectivity index (χ0v) is 11.1. The van der Waals surface area contributed by atoms with Gasteiger partial charge in [0, 0.05) is 11.1 Å². The fourth-order valence-electron chi connectivity index (χ4n) is 2.12. The molecule has 1 aromatic carbocycles. The van der Waals surface area contributed by atoms with E-state index in [0.29, 0.717) is 6.07 Å². The molecule has 0 aliphatic carbocycles. The molecule has 0 radical (unpaired) electrons. The van der Waals surface area contributed by atoms with E-state index in [0.717, 1.165) is 0 Å². The van der Waals surface area contributed by atoms with Crippen molar-refractivity contribution in [2.45, 2.75) is 39.5 Å². The number of benzene rings is 1. The normalized spacial score (nSPS) is 11.1. The summed E-state index contributed by atoms with van der Waals surface area (Å²) in [4.78, 5) is 20.2. The number of halogens is 1. The number of rotatable bonds is 4. The van der Waals surface area contributed by atoms with E-state index in [2.05, 4.69) is 0 Å². The quantitative estimate of drug-likeness (QED) is 0.613. The Labute approximate surface area is 109 Å². The van der Waals surface area contributed by atoms with Crippen molar-refractivity contribution in [1.82, 2.24) is 0 Å². The van der Waals surface area contributed by atoms with Crippen LogP contribution in [0.15, 0.2) is 6.07 Å². The van der Waals surface area contributed by atoms with E-state index in [1.54, 1.807) is 27.7 Å². The third-order valence-electron chi connectivity index (χ3n) is 2.85. The molecule has 19 heavy (non-hydrogen) atoms. The molecule has 104 valence electrons. The van der Waals surface area contributed by atoms with Crippen molar-refractivity contribution < 1.29 is 14.2 Å². The van der Waals surface area contributed by atoms with Crippen molar-refractivity contribution in [2.24, 2.45) is 0 Å². The minimum absolute atomic E-state index is 0.0518. The summed E-state index contributed by atoms with van der Waals surface area (Å²) in [5.41, 5.74) is -0.967. The van der Waals surface area contributed by atoms with E-state index in [1.165, 1.54) is 0 Å². The first-order chi connectivity index (χ1) is 8.68. The number of nitro benzene ring substituents is 2. The van der Waals surface area contributed by atoms with Gasteiger partial charge in [0.25, 0.3) is 5.69 Å². The van der Waals surface area contributed by atoms with Gasteiger partial charge in [-0.25, -0.2) is 0 Å². The highest BCUT2D eigenvalue weighted by atomic mass is 19.1. The summed E-state index contributed by atoms with van der Waals surface area (Å²) in [6, 6.07) is 0.705. The van der Waals surface area contributed by atoms with E-state index >= 15 is 0 Å². The smallest absolute Gasteiger partial charge is 0.258 e. The molecule has 0 spiro atoms. The van der Waals surface area contributed by atoms with Crippen molar-refractivity contribution in [1.29, 1.82) is 0 Å². The second-order valence-corrected chi connectivity index (χ2v) is 4.88. The SMILES string of the molecule is CC(C)c1c([N+](=O)[O-])cc([N+](=O)[O-])c(F)c1C(C)C. The van der Waals surface area contributed by atoms with Crippen LogP contribution in [0.2, 0.25) is 0 Å². The molecular weight excluding hydrogens is 255 g/mol. The Morgan fingerprint density at radius 3 is 1.68 bits per heavy atom. The summed E-state index contributed by atoms with van der Waals surface area (Å²) in [6.07, 6.45) is 0. The summed E-state index contributed by atoms with van der Waals surface area (Å²) in [6.45, 7) is 6.69. The van der Waals surface area contributed by atoms with E-state index in [-0.39, 0.29) is 23.0 Å². The van der Waals surface area contributed by atoms with E-state index in [1.807, 2.05) is 0 Å². The van der Waals surface area contributed by atoms with Gasteiger partial charge >= 0.3 is 5.69 Å². The third-order valence-corrected chi connectivity index (χ3v) is 2.85. The molecule has 0 saturated heterocycles. The predicted molar refractivity (Wildman–Crippen MR) is 67.9 cm³/mol. The molecule has 0 atom stereocenters. The van der Waals surface area contributed by atoms with Crippen LogP contribution in [0.5, 0.6) is 0 Å². The fraction of sp³-hybridized carbons (Fsp3) is 0.500. The predicted octanol–water partition coefficient (Wildman–Crippen LogP) is 3.89. The van der Waals surface area contributed by atoms with Gasteiger partial charge in [-0.3, -0.25) is 20.2 Å². The highest BCUT2D eigenvalue weighted by Crippen LogP contribution is 2.39. The third kappa shape index (κ3) is 2.69. The topological polar surface area (TPSA) is 86.3 Å². The van der Waals surface area contributed by atoms with Gasteiger partial charge in [0.2, 0.25) is 5.82 Å². The van der Waals surface area contributed by atoms with Crippen LogP contribution in [-0.2, 0) is 0 Å². The molecular formula is C12H15FN2O4. The standard InChI is InChI=1S/C12H15FN2O4/c1-6(2)10-8(14(16)17)5-9(15(18)19)12(13)11(10)7(3)4/h5-7H,1-4H3. The molecule has 0 aromatic heterocycles. The lowest BCUT2D eigenvalue weighted by molar-refractivity contribution is -0.396. The van der Waals surface area contributed by atoms with Crippen LogP contribution in [-0.4, -0.2) is 9.85 Å². The van der Waals surface area contributed by atoms with Gasteiger partial charge in [-0.15, -0.1) is 0 Å². The van der Waals surface area contributed by atoms with E-state index in [4.69, 9.17) is 0 Å². The summed E-state index contributed by atoms with van der Waals surface area (Å²) in [5, 5.41) is 21.8. The first-order valence-corrected chi connectivity index (χ1v) is 5.83. The molecule has 0 unspecified atom stereocenters. The zero-order valence-electron chi connectivity index (χ0n) is 11.1. The molecule has 0 heterocycles. The second kappa shape index (κ2) is 5.29. The molecule has 0 N–H and O–H groups in total. The Bertz CT molecular complexity index is 541.